The molecule has 0 bridgehead atoms. The third-order valence-corrected chi connectivity index (χ3v) is 4.00. The number of para-hydroxylation sites is 1. The van der Waals surface area contributed by atoms with E-state index in [1.54, 1.807) is 18.2 Å². The summed E-state index contributed by atoms with van der Waals surface area (Å²) in [6.45, 7) is 0.314. The number of urea groups is 1. The zero-order valence-corrected chi connectivity index (χ0v) is 12.9. The maximum Gasteiger partial charge on any atom is 0.319 e. The number of sulfonamides is 1. The summed E-state index contributed by atoms with van der Waals surface area (Å²) < 4.78 is 35.6. The molecule has 4 N–H and O–H groups in total. The van der Waals surface area contributed by atoms with Crippen molar-refractivity contribution in [3.8, 4) is 0 Å². The summed E-state index contributed by atoms with van der Waals surface area (Å²) in [4.78, 5) is 11.7. The Hall–Kier alpha value is -2.45. The van der Waals surface area contributed by atoms with Crippen LogP contribution < -0.4 is 15.8 Å². The number of nitrogens with one attached hydrogen (secondary N) is 2. The van der Waals surface area contributed by atoms with Gasteiger partial charge in [-0.1, -0.05) is 24.3 Å². The summed E-state index contributed by atoms with van der Waals surface area (Å²) >= 11 is 0. The Bertz CT molecular complexity index is 792. The van der Waals surface area contributed by atoms with Crippen molar-refractivity contribution in [3.05, 3.63) is 59.9 Å². The molecule has 0 radical (unpaired) electrons. The Morgan fingerprint density at radius 2 is 1.74 bits per heavy atom. The third-order valence-electron chi connectivity index (χ3n) is 3.07. The van der Waals surface area contributed by atoms with Crippen LogP contribution in [0, 0.1) is 5.82 Å². The van der Waals surface area contributed by atoms with Gasteiger partial charge < -0.3 is 10.6 Å². The number of anilines is 1. The summed E-state index contributed by atoms with van der Waals surface area (Å²) in [6, 6.07) is 11.4. The Labute approximate surface area is 133 Å². The summed E-state index contributed by atoms with van der Waals surface area (Å²) in [5, 5.41) is 10.0. The molecule has 8 heteroatoms. The molecule has 122 valence electrons. The zero-order chi connectivity index (χ0) is 16.9. The van der Waals surface area contributed by atoms with E-state index in [-0.39, 0.29) is 10.6 Å². The second-order valence-electron chi connectivity index (χ2n) is 4.80. The Morgan fingerprint density at radius 3 is 2.35 bits per heavy atom. The van der Waals surface area contributed by atoms with Crippen LogP contribution in [0.3, 0.4) is 0 Å². The van der Waals surface area contributed by atoms with Gasteiger partial charge in [0.05, 0.1) is 10.6 Å². The molecule has 0 aliphatic carbocycles. The van der Waals surface area contributed by atoms with E-state index in [2.05, 4.69) is 10.6 Å². The van der Waals surface area contributed by atoms with Crippen LogP contribution in [0.5, 0.6) is 0 Å². The van der Waals surface area contributed by atoms with Gasteiger partial charge in [-0.3, -0.25) is 0 Å². The first kappa shape index (κ1) is 16.9. The maximum absolute atomic E-state index is 13.4. The highest BCUT2D eigenvalue weighted by atomic mass is 32.2. The molecule has 2 amide bonds. The van der Waals surface area contributed by atoms with E-state index in [1.807, 2.05) is 0 Å². The number of primary sulfonamides is 1. The normalized spacial score (nSPS) is 11.0. The van der Waals surface area contributed by atoms with Crippen molar-refractivity contribution in [2.24, 2.45) is 5.14 Å². The number of halogens is 1. The minimum Gasteiger partial charge on any atom is -0.338 e. The van der Waals surface area contributed by atoms with Gasteiger partial charge in [0.1, 0.15) is 5.82 Å². The lowest BCUT2D eigenvalue weighted by molar-refractivity contribution is 0.252. The monoisotopic (exact) mass is 337 g/mol. The van der Waals surface area contributed by atoms with Gasteiger partial charge in [-0.05, 0) is 36.2 Å². The lowest BCUT2D eigenvalue weighted by Gasteiger charge is -2.08. The molecule has 2 aromatic rings. The summed E-state index contributed by atoms with van der Waals surface area (Å²) in [6.07, 6.45) is 0.496. The minimum absolute atomic E-state index is 0.0338. The average molecular weight is 337 g/mol. The van der Waals surface area contributed by atoms with Crippen molar-refractivity contribution in [2.45, 2.75) is 11.3 Å². The maximum atomic E-state index is 13.4. The fraction of sp³-hybridized carbons (Fsp3) is 0.133. The van der Waals surface area contributed by atoms with Gasteiger partial charge in [0.2, 0.25) is 10.0 Å². The van der Waals surface area contributed by atoms with E-state index < -0.39 is 21.9 Å². The molecule has 0 saturated heterocycles. The number of carbonyl (C=O) groups excluding carboxylic acids is 1. The van der Waals surface area contributed by atoms with Crippen LogP contribution >= 0.6 is 0 Å². The number of carbonyl (C=O) groups is 1. The fourth-order valence-electron chi connectivity index (χ4n) is 1.90. The molecule has 0 aliphatic heterocycles. The molecule has 0 aromatic heterocycles. The number of rotatable bonds is 5. The molecule has 0 unspecified atom stereocenters. The van der Waals surface area contributed by atoms with Crippen molar-refractivity contribution in [3.63, 3.8) is 0 Å². The Morgan fingerprint density at radius 1 is 1.09 bits per heavy atom. The quantitative estimate of drug-likeness (QED) is 0.776. The van der Waals surface area contributed by atoms with E-state index in [9.17, 15) is 17.6 Å². The molecule has 23 heavy (non-hydrogen) atoms. The van der Waals surface area contributed by atoms with Crippen LogP contribution in [-0.4, -0.2) is 21.0 Å². The molecular formula is C15H16FN3O3S. The van der Waals surface area contributed by atoms with Crippen LogP contribution in [0.25, 0.3) is 0 Å². The first-order valence-electron chi connectivity index (χ1n) is 6.77. The van der Waals surface area contributed by atoms with Gasteiger partial charge in [0.25, 0.3) is 0 Å². The van der Waals surface area contributed by atoms with Gasteiger partial charge in [0.15, 0.2) is 0 Å². The number of benzene rings is 2. The van der Waals surface area contributed by atoms with Crippen molar-refractivity contribution >= 4 is 21.7 Å². The third kappa shape index (κ3) is 5.04. The number of hydrogen-bond acceptors (Lipinski definition) is 3. The molecule has 2 aromatic carbocycles. The highest BCUT2D eigenvalue weighted by molar-refractivity contribution is 7.89. The summed E-state index contributed by atoms with van der Waals surface area (Å²) in [5.74, 6) is -0.513. The van der Waals surface area contributed by atoms with E-state index in [4.69, 9.17) is 5.14 Å². The lowest BCUT2D eigenvalue weighted by atomic mass is 10.1. The molecule has 0 spiro atoms. The largest absolute Gasteiger partial charge is 0.338 e. The molecule has 0 aliphatic rings. The molecule has 0 heterocycles. The molecule has 0 fully saturated rings. The first-order valence-corrected chi connectivity index (χ1v) is 8.32. The van der Waals surface area contributed by atoms with Gasteiger partial charge in [-0.25, -0.2) is 22.7 Å². The second kappa shape index (κ2) is 7.21. The highest BCUT2D eigenvalue weighted by Crippen LogP contribution is 2.12. The second-order valence-corrected chi connectivity index (χ2v) is 6.36. The predicted molar refractivity (Wildman–Crippen MR) is 84.9 cm³/mol. The van der Waals surface area contributed by atoms with Gasteiger partial charge in [-0.15, -0.1) is 0 Å². The lowest BCUT2D eigenvalue weighted by Crippen LogP contribution is -2.30. The van der Waals surface area contributed by atoms with Crippen molar-refractivity contribution < 1.29 is 17.6 Å². The number of nitrogens with two attached hydrogens (primary N) is 1. The van der Waals surface area contributed by atoms with Gasteiger partial charge in [0, 0.05) is 6.54 Å². The SMILES string of the molecule is NS(=O)(=O)c1ccc(CCNC(=O)Nc2ccccc2F)cc1. The molecule has 2 rings (SSSR count). The van der Waals surface area contributed by atoms with Crippen molar-refractivity contribution in [2.75, 3.05) is 11.9 Å². The number of amides is 2. The summed E-state index contributed by atoms with van der Waals surface area (Å²) in [7, 11) is -3.71. The highest BCUT2D eigenvalue weighted by Gasteiger charge is 2.07. The zero-order valence-electron chi connectivity index (χ0n) is 12.1. The predicted octanol–water partition coefficient (Wildman–Crippen LogP) is 1.84. The van der Waals surface area contributed by atoms with Crippen LogP contribution in [0.4, 0.5) is 14.9 Å². The minimum atomic E-state index is -3.71. The fourth-order valence-corrected chi connectivity index (χ4v) is 2.41. The number of hydrogen-bond donors (Lipinski definition) is 3. The molecule has 6 nitrogen and oxygen atoms in total. The van der Waals surface area contributed by atoms with Crippen molar-refractivity contribution in [1.29, 1.82) is 0 Å². The first-order chi connectivity index (χ1) is 10.9. The van der Waals surface area contributed by atoms with Crippen molar-refractivity contribution in [1.82, 2.24) is 5.32 Å². The van der Waals surface area contributed by atoms with Crippen LogP contribution in [0.1, 0.15) is 5.56 Å². The van der Waals surface area contributed by atoms with Crippen LogP contribution in [-0.2, 0) is 16.4 Å². The van der Waals surface area contributed by atoms with E-state index in [1.165, 1.54) is 30.3 Å². The average Bonchev–Trinajstić information content (AvgIpc) is 2.49. The Kier molecular flexibility index (Phi) is 5.30. The smallest absolute Gasteiger partial charge is 0.319 e. The van der Waals surface area contributed by atoms with Crippen LogP contribution in [0.2, 0.25) is 0 Å². The standard InChI is InChI=1S/C15H16FN3O3S/c16-13-3-1-2-4-14(13)19-15(20)18-10-9-11-5-7-12(8-6-11)23(17,21)22/h1-8H,9-10H2,(H2,17,21,22)(H2,18,19,20). The van der Waals surface area contributed by atoms with Gasteiger partial charge >= 0.3 is 6.03 Å². The molecule has 0 atom stereocenters. The topological polar surface area (TPSA) is 101 Å². The molecular weight excluding hydrogens is 321 g/mol. The van der Waals surface area contributed by atoms with E-state index >= 15 is 0 Å². The van der Waals surface area contributed by atoms with Crippen LogP contribution in [0.15, 0.2) is 53.4 Å². The van der Waals surface area contributed by atoms with E-state index in [0.29, 0.717) is 13.0 Å². The Balaban J connectivity index is 1.83. The summed E-state index contributed by atoms with van der Waals surface area (Å²) in [5.41, 5.74) is 0.936. The van der Waals surface area contributed by atoms with Gasteiger partial charge in [-0.2, -0.15) is 0 Å². The van der Waals surface area contributed by atoms with E-state index in [0.717, 1.165) is 5.56 Å². The molecule has 0 saturated carbocycles.